The second-order valence-corrected chi connectivity index (χ2v) is 3.84. The Balaban J connectivity index is 2.93. The molecule has 0 aliphatic carbocycles. The minimum atomic E-state index is -0.292. The number of hydrogen-bond acceptors (Lipinski definition) is 3. The molecule has 1 N–H and O–H groups in total. The molecule has 0 aliphatic rings. The largest absolute Gasteiger partial charge is 0.507 e. The van der Waals surface area contributed by atoms with E-state index in [1.807, 2.05) is 6.07 Å². The SMILES string of the molecule is CN(CC#N)C(=O)c1ccc(Br)c(O)c1. The molecule has 1 rings (SSSR count). The Morgan fingerprint density at radius 2 is 2.33 bits per heavy atom. The van der Waals surface area contributed by atoms with Crippen LogP contribution in [-0.4, -0.2) is 29.5 Å². The standard InChI is InChI=1S/C10H9BrN2O2/c1-13(5-4-12)10(15)7-2-3-8(11)9(14)6-7/h2-3,6,14H,5H2,1H3. The molecule has 0 aliphatic heterocycles. The van der Waals surface area contributed by atoms with Crippen molar-refractivity contribution in [3.8, 4) is 11.8 Å². The van der Waals surface area contributed by atoms with Crippen LogP contribution in [0.15, 0.2) is 22.7 Å². The molecular weight excluding hydrogens is 260 g/mol. The molecule has 0 radical (unpaired) electrons. The Bertz CT molecular complexity index is 426. The van der Waals surface area contributed by atoms with E-state index in [9.17, 15) is 9.90 Å². The number of phenols is 1. The molecule has 0 saturated carbocycles. The third kappa shape index (κ3) is 2.70. The zero-order valence-electron chi connectivity index (χ0n) is 8.07. The van der Waals surface area contributed by atoms with Gasteiger partial charge in [-0.1, -0.05) is 0 Å². The van der Waals surface area contributed by atoms with Crippen LogP contribution in [0.3, 0.4) is 0 Å². The van der Waals surface area contributed by atoms with Gasteiger partial charge in [-0.15, -0.1) is 0 Å². The van der Waals surface area contributed by atoms with Gasteiger partial charge in [0.05, 0.1) is 10.5 Å². The van der Waals surface area contributed by atoms with E-state index >= 15 is 0 Å². The highest BCUT2D eigenvalue weighted by Crippen LogP contribution is 2.24. The molecule has 0 saturated heterocycles. The second-order valence-electron chi connectivity index (χ2n) is 2.99. The van der Waals surface area contributed by atoms with Crippen molar-refractivity contribution in [2.45, 2.75) is 0 Å². The molecule has 0 aromatic heterocycles. The Morgan fingerprint density at radius 1 is 1.67 bits per heavy atom. The first-order valence-electron chi connectivity index (χ1n) is 4.17. The first kappa shape index (κ1) is 11.5. The third-order valence-corrected chi connectivity index (χ3v) is 2.52. The molecule has 15 heavy (non-hydrogen) atoms. The maximum Gasteiger partial charge on any atom is 0.254 e. The van der Waals surface area contributed by atoms with E-state index in [4.69, 9.17) is 5.26 Å². The number of amides is 1. The van der Waals surface area contributed by atoms with Gasteiger partial charge in [0.15, 0.2) is 0 Å². The minimum absolute atomic E-state index is 0.00575. The highest BCUT2D eigenvalue weighted by molar-refractivity contribution is 9.10. The molecule has 1 amide bonds. The molecule has 0 atom stereocenters. The zero-order chi connectivity index (χ0) is 11.4. The molecule has 1 aromatic rings. The fraction of sp³-hybridized carbons (Fsp3) is 0.200. The highest BCUT2D eigenvalue weighted by Gasteiger charge is 2.12. The average Bonchev–Trinajstić information content (AvgIpc) is 2.21. The number of rotatable bonds is 2. The molecule has 0 unspecified atom stereocenters. The zero-order valence-corrected chi connectivity index (χ0v) is 9.65. The molecule has 5 heteroatoms. The van der Waals surface area contributed by atoms with Gasteiger partial charge >= 0.3 is 0 Å². The van der Waals surface area contributed by atoms with Crippen LogP contribution < -0.4 is 0 Å². The number of aromatic hydroxyl groups is 1. The molecule has 0 heterocycles. The van der Waals surface area contributed by atoms with Crippen molar-refractivity contribution in [1.29, 1.82) is 5.26 Å². The third-order valence-electron chi connectivity index (χ3n) is 1.85. The van der Waals surface area contributed by atoms with Crippen molar-refractivity contribution < 1.29 is 9.90 Å². The number of nitriles is 1. The van der Waals surface area contributed by atoms with Gasteiger partial charge in [-0.25, -0.2) is 0 Å². The average molecular weight is 269 g/mol. The number of halogens is 1. The Kier molecular flexibility index (Phi) is 3.69. The molecule has 4 nitrogen and oxygen atoms in total. The van der Waals surface area contributed by atoms with Gasteiger partial charge in [0.25, 0.3) is 5.91 Å². The van der Waals surface area contributed by atoms with E-state index in [0.717, 1.165) is 0 Å². The first-order valence-corrected chi connectivity index (χ1v) is 4.96. The summed E-state index contributed by atoms with van der Waals surface area (Å²) in [6.07, 6.45) is 0. The van der Waals surface area contributed by atoms with Crippen LogP contribution in [-0.2, 0) is 0 Å². The van der Waals surface area contributed by atoms with E-state index in [0.29, 0.717) is 10.0 Å². The predicted octanol–water partition coefficient (Wildman–Crippen LogP) is 1.75. The molecule has 78 valence electrons. The van der Waals surface area contributed by atoms with Gasteiger partial charge in [-0.2, -0.15) is 5.26 Å². The Labute approximate surface area is 95.9 Å². The maximum atomic E-state index is 11.6. The quantitative estimate of drug-likeness (QED) is 0.832. The van der Waals surface area contributed by atoms with Crippen molar-refractivity contribution in [2.75, 3.05) is 13.6 Å². The summed E-state index contributed by atoms with van der Waals surface area (Å²) in [5, 5.41) is 17.8. The predicted molar refractivity (Wildman–Crippen MR) is 58.4 cm³/mol. The smallest absolute Gasteiger partial charge is 0.254 e. The lowest BCUT2D eigenvalue weighted by molar-refractivity contribution is 0.0811. The summed E-state index contributed by atoms with van der Waals surface area (Å²) in [5.74, 6) is -0.287. The lowest BCUT2D eigenvalue weighted by atomic mass is 10.2. The van der Waals surface area contributed by atoms with Crippen LogP contribution in [0.5, 0.6) is 5.75 Å². The maximum absolute atomic E-state index is 11.6. The fourth-order valence-corrected chi connectivity index (χ4v) is 1.29. The van der Waals surface area contributed by atoms with E-state index in [1.165, 1.54) is 18.0 Å². The second kappa shape index (κ2) is 4.80. The van der Waals surface area contributed by atoms with Crippen molar-refractivity contribution in [2.24, 2.45) is 0 Å². The lowest BCUT2D eigenvalue weighted by Gasteiger charge is -2.13. The number of hydrogen-bond donors (Lipinski definition) is 1. The molecule has 0 fully saturated rings. The van der Waals surface area contributed by atoms with Gasteiger partial charge < -0.3 is 10.0 Å². The Morgan fingerprint density at radius 3 is 2.87 bits per heavy atom. The van der Waals surface area contributed by atoms with Gasteiger partial charge in [0.2, 0.25) is 0 Å². The molecule has 0 spiro atoms. The van der Waals surface area contributed by atoms with Crippen LogP contribution in [0.1, 0.15) is 10.4 Å². The summed E-state index contributed by atoms with van der Waals surface area (Å²) in [4.78, 5) is 12.9. The summed E-state index contributed by atoms with van der Waals surface area (Å²) >= 11 is 3.12. The minimum Gasteiger partial charge on any atom is -0.507 e. The van der Waals surface area contributed by atoms with Gasteiger partial charge in [0, 0.05) is 12.6 Å². The number of nitrogens with zero attached hydrogens (tertiary/aromatic N) is 2. The van der Waals surface area contributed by atoms with E-state index in [1.54, 1.807) is 12.1 Å². The highest BCUT2D eigenvalue weighted by atomic mass is 79.9. The number of carbonyl (C=O) groups excluding carboxylic acids is 1. The van der Waals surface area contributed by atoms with Gasteiger partial charge in [0.1, 0.15) is 12.3 Å². The van der Waals surface area contributed by atoms with Crippen molar-refractivity contribution in [3.05, 3.63) is 28.2 Å². The van der Waals surface area contributed by atoms with E-state index in [2.05, 4.69) is 15.9 Å². The summed E-state index contributed by atoms with van der Waals surface area (Å²) in [5.41, 5.74) is 0.355. The Hall–Kier alpha value is -1.54. The molecule has 1 aromatic carbocycles. The summed E-state index contributed by atoms with van der Waals surface area (Å²) in [6, 6.07) is 6.41. The van der Waals surface area contributed by atoms with E-state index < -0.39 is 0 Å². The van der Waals surface area contributed by atoms with Crippen LogP contribution in [0, 0.1) is 11.3 Å². The summed E-state index contributed by atoms with van der Waals surface area (Å²) in [7, 11) is 1.53. The van der Waals surface area contributed by atoms with Crippen molar-refractivity contribution in [3.63, 3.8) is 0 Å². The monoisotopic (exact) mass is 268 g/mol. The van der Waals surface area contributed by atoms with Gasteiger partial charge in [-0.3, -0.25) is 4.79 Å². The van der Waals surface area contributed by atoms with Crippen LogP contribution in [0.4, 0.5) is 0 Å². The van der Waals surface area contributed by atoms with Crippen LogP contribution in [0.25, 0.3) is 0 Å². The van der Waals surface area contributed by atoms with Crippen molar-refractivity contribution in [1.82, 2.24) is 4.90 Å². The number of phenolic OH excluding ortho intramolecular Hbond substituents is 1. The number of benzene rings is 1. The normalized spacial score (nSPS) is 9.40. The topological polar surface area (TPSA) is 64.3 Å². The number of carbonyl (C=O) groups is 1. The molecular formula is C10H9BrN2O2. The lowest BCUT2D eigenvalue weighted by Crippen LogP contribution is -2.26. The molecule has 0 bridgehead atoms. The summed E-state index contributed by atoms with van der Waals surface area (Å²) < 4.78 is 0.530. The van der Waals surface area contributed by atoms with Crippen molar-refractivity contribution >= 4 is 21.8 Å². The first-order chi connectivity index (χ1) is 7.06. The van der Waals surface area contributed by atoms with E-state index in [-0.39, 0.29) is 18.2 Å². The van der Waals surface area contributed by atoms with Crippen LogP contribution >= 0.6 is 15.9 Å². The fourth-order valence-electron chi connectivity index (χ4n) is 1.04. The van der Waals surface area contributed by atoms with Gasteiger partial charge in [-0.05, 0) is 34.1 Å². The van der Waals surface area contributed by atoms with Crippen LogP contribution in [0.2, 0.25) is 0 Å². The summed E-state index contributed by atoms with van der Waals surface area (Å²) in [6.45, 7) is 0.0235.